The number of hydrogen-bond donors (Lipinski definition) is 1. The molecule has 2 heterocycles. The lowest BCUT2D eigenvalue weighted by molar-refractivity contribution is -0.142. The molecular formula is C17H17N5O3S. The summed E-state index contributed by atoms with van der Waals surface area (Å²) in [7, 11) is 0. The molecule has 0 unspecified atom stereocenters. The van der Waals surface area contributed by atoms with E-state index in [-0.39, 0.29) is 12.4 Å². The van der Waals surface area contributed by atoms with E-state index in [2.05, 4.69) is 25.7 Å². The lowest BCUT2D eigenvalue weighted by Crippen LogP contribution is -2.07. The molecule has 0 bridgehead atoms. The normalized spacial score (nSPS) is 11.0. The summed E-state index contributed by atoms with van der Waals surface area (Å²) in [6.07, 6.45) is 1.82. The van der Waals surface area contributed by atoms with Gasteiger partial charge in [-0.05, 0) is 31.5 Å². The van der Waals surface area contributed by atoms with Crippen LogP contribution in [0.5, 0.6) is 0 Å². The number of aryl methyl sites for hydroxylation is 1. The number of hydrogen-bond acceptors (Lipinski definition) is 9. The highest BCUT2D eigenvalue weighted by molar-refractivity contribution is 7.13. The van der Waals surface area contributed by atoms with Gasteiger partial charge in [-0.3, -0.25) is 10.2 Å². The molecule has 0 aliphatic carbocycles. The van der Waals surface area contributed by atoms with Crippen molar-refractivity contribution in [1.82, 2.24) is 15.1 Å². The molecule has 9 heteroatoms. The number of rotatable bonds is 7. The Morgan fingerprint density at radius 2 is 2.31 bits per heavy atom. The van der Waals surface area contributed by atoms with Gasteiger partial charge in [-0.15, -0.1) is 11.3 Å². The van der Waals surface area contributed by atoms with Crippen LogP contribution in [0.3, 0.4) is 0 Å². The van der Waals surface area contributed by atoms with Crippen LogP contribution in [-0.4, -0.2) is 33.9 Å². The monoisotopic (exact) mass is 371 g/mol. The average Bonchev–Trinajstić information content (AvgIpc) is 3.24. The topological polar surface area (TPSA) is 102 Å². The Morgan fingerprint density at radius 3 is 3.08 bits per heavy atom. The van der Waals surface area contributed by atoms with Crippen molar-refractivity contribution in [2.45, 2.75) is 20.3 Å². The number of benzene rings is 1. The van der Waals surface area contributed by atoms with E-state index >= 15 is 0 Å². The highest BCUT2D eigenvalue weighted by Gasteiger charge is 2.08. The zero-order valence-corrected chi connectivity index (χ0v) is 15.1. The van der Waals surface area contributed by atoms with Crippen LogP contribution in [-0.2, 0) is 16.0 Å². The Balaban J connectivity index is 1.61. The van der Waals surface area contributed by atoms with Crippen molar-refractivity contribution in [3.8, 4) is 11.5 Å². The number of hydrazone groups is 1. The van der Waals surface area contributed by atoms with Crippen molar-refractivity contribution >= 4 is 28.7 Å². The molecule has 0 fully saturated rings. The third-order valence-electron chi connectivity index (χ3n) is 3.22. The van der Waals surface area contributed by atoms with Crippen LogP contribution in [0.2, 0.25) is 0 Å². The Morgan fingerprint density at radius 1 is 1.42 bits per heavy atom. The van der Waals surface area contributed by atoms with E-state index in [1.165, 1.54) is 11.3 Å². The van der Waals surface area contributed by atoms with Crippen LogP contribution in [0.15, 0.2) is 39.3 Å². The Hall–Kier alpha value is -3.07. The molecule has 134 valence electrons. The van der Waals surface area contributed by atoms with E-state index in [4.69, 9.17) is 9.26 Å². The van der Waals surface area contributed by atoms with E-state index in [1.54, 1.807) is 25.4 Å². The molecule has 3 aromatic rings. The average molecular weight is 371 g/mol. The lowest BCUT2D eigenvalue weighted by atomic mass is 10.1. The predicted molar refractivity (Wildman–Crippen MR) is 98.1 cm³/mol. The van der Waals surface area contributed by atoms with Gasteiger partial charge >= 0.3 is 5.97 Å². The second-order valence-electron chi connectivity index (χ2n) is 5.27. The minimum atomic E-state index is -0.291. The molecule has 0 saturated carbocycles. The van der Waals surface area contributed by atoms with E-state index in [0.29, 0.717) is 29.1 Å². The maximum atomic E-state index is 11.4. The molecule has 0 atom stereocenters. The van der Waals surface area contributed by atoms with Gasteiger partial charge < -0.3 is 9.26 Å². The van der Waals surface area contributed by atoms with Gasteiger partial charge in [0.05, 0.1) is 24.9 Å². The third kappa shape index (κ3) is 4.73. The summed E-state index contributed by atoms with van der Waals surface area (Å²) in [6, 6.07) is 7.58. The molecular weight excluding hydrogens is 354 g/mol. The van der Waals surface area contributed by atoms with Gasteiger partial charge in [0.2, 0.25) is 5.13 Å². The summed E-state index contributed by atoms with van der Waals surface area (Å²) in [5.41, 5.74) is 5.20. The highest BCUT2D eigenvalue weighted by atomic mass is 32.1. The fraction of sp³-hybridized carbons (Fsp3) is 0.235. The van der Waals surface area contributed by atoms with Crippen LogP contribution >= 0.6 is 11.3 Å². The molecule has 0 aliphatic rings. The number of ether oxygens (including phenoxy) is 1. The zero-order chi connectivity index (χ0) is 18.4. The molecule has 0 radical (unpaired) electrons. The number of nitrogens with zero attached hydrogens (tertiary/aromatic N) is 4. The van der Waals surface area contributed by atoms with Crippen LogP contribution in [0.4, 0.5) is 5.13 Å². The van der Waals surface area contributed by atoms with Gasteiger partial charge in [-0.25, -0.2) is 4.98 Å². The number of aromatic nitrogens is 3. The summed E-state index contributed by atoms with van der Waals surface area (Å²) in [5.74, 6) is 0.762. The van der Waals surface area contributed by atoms with E-state index in [9.17, 15) is 4.79 Å². The molecule has 0 spiro atoms. The maximum absolute atomic E-state index is 11.4. The lowest BCUT2D eigenvalue weighted by Gasteiger charge is -1.98. The Labute approximate surface area is 153 Å². The molecule has 3 rings (SSSR count). The van der Waals surface area contributed by atoms with E-state index in [0.717, 1.165) is 11.1 Å². The summed E-state index contributed by atoms with van der Waals surface area (Å²) < 4.78 is 10.1. The minimum absolute atomic E-state index is 0.154. The van der Waals surface area contributed by atoms with Crippen LogP contribution in [0.1, 0.15) is 24.0 Å². The van der Waals surface area contributed by atoms with Crippen molar-refractivity contribution in [2.75, 3.05) is 12.0 Å². The first kappa shape index (κ1) is 17.7. The van der Waals surface area contributed by atoms with Gasteiger partial charge in [-0.1, -0.05) is 17.3 Å². The second-order valence-corrected chi connectivity index (χ2v) is 6.13. The van der Waals surface area contributed by atoms with Crippen LogP contribution in [0, 0.1) is 6.92 Å². The van der Waals surface area contributed by atoms with Crippen molar-refractivity contribution in [3.05, 3.63) is 46.7 Å². The summed E-state index contributed by atoms with van der Waals surface area (Å²) >= 11 is 1.37. The largest absolute Gasteiger partial charge is 0.466 e. The molecule has 8 nitrogen and oxygen atoms in total. The van der Waals surface area contributed by atoms with Crippen molar-refractivity contribution in [1.29, 1.82) is 0 Å². The first-order chi connectivity index (χ1) is 12.6. The Bertz CT molecular complexity index is 919. The molecule has 26 heavy (non-hydrogen) atoms. The summed E-state index contributed by atoms with van der Waals surface area (Å²) in [6.45, 7) is 3.91. The van der Waals surface area contributed by atoms with Gasteiger partial charge in [-0.2, -0.15) is 10.1 Å². The zero-order valence-electron chi connectivity index (χ0n) is 14.3. The quantitative estimate of drug-likeness (QED) is 0.387. The predicted octanol–water partition coefficient (Wildman–Crippen LogP) is 3.05. The van der Waals surface area contributed by atoms with Crippen molar-refractivity contribution < 1.29 is 14.1 Å². The van der Waals surface area contributed by atoms with Gasteiger partial charge in [0.1, 0.15) is 0 Å². The molecule has 0 saturated heterocycles. The number of thiazole rings is 1. The van der Waals surface area contributed by atoms with Crippen LogP contribution < -0.4 is 5.43 Å². The summed E-state index contributed by atoms with van der Waals surface area (Å²) in [4.78, 5) is 19.9. The third-order valence-corrected chi connectivity index (χ3v) is 4.01. The van der Waals surface area contributed by atoms with Crippen LogP contribution in [0.25, 0.3) is 11.5 Å². The highest BCUT2D eigenvalue weighted by Crippen LogP contribution is 2.18. The van der Waals surface area contributed by atoms with Gasteiger partial charge in [0.15, 0.2) is 5.82 Å². The minimum Gasteiger partial charge on any atom is -0.466 e. The van der Waals surface area contributed by atoms with E-state index in [1.807, 2.05) is 24.3 Å². The molecule has 1 aromatic carbocycles. The number of anilines is 1. The molecule has 0 amide bonds. The van der Waals surface area contributed by atoms with Crippen molar-refractivity contribution in [3.63, 3.8) is 0 Å². The van der Waals surface area contributed by atoms with Gasteiger partial charge in [0.25, 0.3) is 5.89 Å². The Kier molecular flexibility index (Phi) is 5.69. The molecule has 1 N–H and O–H groups in total. The molecule has 0 aliphatic heterocycles. The smallest absolute Gasteiger partial charge is 0.311 e. The maximum Gasteiger partial charge on any atom is 0.311 e. The standard InChI is InChI=1S/C17H17N5O3S/c1-3-24-15(23)8-14-10-26-17(20-14)21-18-9-12-5-4-6-13(7-12)16-19-11(2)22-25-16/h4-7,9-10H,3,8H2,1-2H3,(H,20,21). The molecule has 2 aromatic heterocycles. The van der Waals surface area contributed by atoms with Crippen molar-refractivity contribution in [2.24, 2.45) is 5.10 Å². The first-order valence-corrected chi connectivity index (χ1v) is 8.82. The fourth-order valence-corrected chi connectivity index (χ4v) is 2.79. The SMILES string of the molecule is CCOC(=O)Cc1csc(NN=Cc2cccc(-c3nc(C)no3)c2)n1. The second kappa shape index (κ2) is 8.34. The number of esters is 1. The number of carbonyl (C=O) groups is 1. The number of nitrogens with one attached hydrogen (secondary N) is 1. The number of carbonyl (C=O) groups excluding carboxylic acids is 1. The fourth-order valence-electron chi connectivity index (χ4n) is 2.13. The van der Waals surface area contributed by atoms with Gasteiger partial charge in [0, 0.05) is 10.9 Å². The first-order valence-electron chi connectivity index (χ1n) is 7.94. The summed E-state index contributed by atoms with van der Waals surface area (Å²) in [5, 5.41) is 10.4. The van der Waals surface area contributed by atoms with E-state index < -0.39 is 0 Å².